The molecule has 0 N–H and O–H groups in total. The van der Waals surface area contributed by atoms with Crippen LogP contribution in [0.4, 0.5) is 0 Å². The second-order valence-electron chi connectivity index (χ2n) is 5.06. The van der Waals surface area contributed by atoms with Crippen LogP contribution in [0, 0.1) is 11.8 Å². The molecule has 2 nitrogen and oxygen atoms in total. The average molecular weight is 232 g/mol. The Morgan fingerprint density at radius 2 is 1.76 bits per heavy atom. The maximum atomic E-state index is 12.3. The molecule has 1 aromatic carbocycles. The summed E-state index contributed by atoms with van der Waals surface area (Å²) in [4.78, 5) is 12.3. The van der Waals surface area contributed by atoms with E-state index in [1.165, 1.54) is 0 Å². The second-order valence-corrected chi connectivity index (χ2v) is 5.06. The largest absolute Gasteiger partial charge is 0.375 e. The van der Waals surface area contributed by atoms with Gasteiger partial charge in [0, 0.05) is 12.3 Å². The van der Waals surface area contributed by atoms with Gasteiger partial charge in [-0.1, -0.05) is 37.3 Å². The van der Waals surface area contributed by atoms with E-state index in [1.807, 2.05) is 37.3 Å². The highest BCUT2D eigenvalue weighted by Crippen LogP contribution is 2.33. The van der Waals surface area contributed by atoms with E-state index in [0.29, 0.717) is 18.1 Å². The fraction of sp³-hybridized carbons (Fsp3) is 0.533. The van der Waals surface area contributed by atoms with E-state index in [2.05, 4.69) is 13.8 Å². The first kappa shape index (κ1) is 12.3. The molecular formula is C15H20O2. The summed E-state index contributed by atoms with van der Waals surface area (Å²) in [6.07, 6.45) is 0.766. The van der Waals surface area contributed by atoms with E-state index in [4.69, 9.17) is 4.74 Å². The van der Waals surface area contributed by atoms with Crippen molar-refractivity contribution in [3.8, 4) is 0 Å². The molecule has 1 heterocycles. The Hall–Kier alpha value is -1.15. The van der Waals surface area contributed by atoms with Crippen molar-refractivity contribution in [2.45, 2.75) is 39.4 Å². The third kappa shape index (κ3) is 2.58. The Kier molecular flexibility index (Phi) is 3.63. The lowest BCUT2D eigenvalue weighted by molar-refractivity contribution is -0.124. The van der Waals surface area contributed by atoms with Gasteiger partial charge in [-0.05, 0) is 25.3 Å². The molecule has 0 aliphatic carbocycles. The highest BCUT2D eigenvalue weighted by Gasteiger charge is 2.40. The molecule has 0 spiro atoms. The van der Waals surface area contributed by atoms with Crippen LogP contribution in [0.25, 0.3) is 0 Å². The molecule has 0 radical (unpaired) electrons. The lowest BCUT2D eigenvalue weighted by Crippen LogP contribution is -2.28. The number of carbonyl (C=O) groups excluding carboxylic acids is 1. The van der Waals surface area contributed by atoms with Crippen molar-refractivity contribution in [3.63, 3.8) is 0 Å². The van der Waals surface area contributed by atoms with E-state index >= 15 is 0 Å². The van der Waals surface area contributed by atoms with Gasteiger partial charge < -0.3 is 4.74 Å². The van der Waals surface area contributed by atoms with Gasteiger partial charge in [0.1, 0.15) is 5.78 Å². The molecule has 0 aromatic heterocycles. The first-order chi connectivity index (χ1) is 8.09. The van der Waals surface area contributed by atoms with E-state index in [-0.39, 0.29) is 18.1 Å². The Morgan fingerprint density at radius 3 is 2.29 bits per heavy atom. The highest BCUT2D eigenvalue weighted by atomic mass is 16.5. The van der Waals surface area contributed by atoms with Crippen LogP contribution in [0.15, 0.2) is 30.3 Å². The van der Waals surface area contributed by atoms with Crippen molar-refractivity contribution < 1.29 is 9.53 Å². The molecular weight excluding hydrogens is 212 g/mol. The Bertz CT molecular complexity index is 385. The zero-order valence-corrected chi connectivity index (χ0v) is 10.7. The molecule has 0 bridgehead atoms. The molecule has 2 heteroatoms. The van der Waals surface area contributed by atoms with Gasteiger partial charge in [0.05, 0.1) is 12.2 Å². The molecule has 1 saturated heterocycles. The minimum absolute atomic E-state index is 0.0465. The number of ether oxygens (including phenoxy) is 1. The molecule has 1 aliphatic rings. The van der Waals surface area contributed by atoms with Gasteiger partial charge in [-0.15, -0.1) is 0 Å². The summed E-state index contributed by atoms with van der Waals surface area (Å²) in [5, 5.41) is 0. The van der Waals surface area contributed by atoms with Crippen molar-refractivity contribution >= 4 is 5.78 Å². The van der Waals surface area contributed by atoms with Gasteiger partial charge in [0.25, 0.3) is 0 Å². The van der Waals surface area contributed by atoms with E-state index in [1.54, 1.807) is 0 Å². The van der Waals surface area contributed by atoms with Crippen molar-refractivity contribution in [2.24, 2.45) is 11.8 Å². The number of carbonyl (C=O) groups is 1. The lowest BCUT2D eigenvalue weighted by atomic mass is 9.84. The van der Waals surface area contributed by atoms with E-state index in [9.17, 15) is 4.79 Å². The molecule has 1 aromatic rings. The van der Waals surface area contributed by atoms with Crippen LogP contribution in [0.2, 0.25) is 0 Å². The van der Waals surface area contributed by atoms with Crippen LogP contribution in [0.3, 0.4) is 0 Å². The fourth-order valence-corrected chi connectivity index (χ4v) is 2.74. The summed E-state index contributed by atoms with van der Waals surface area (Å²) in [5.41, 5.74) is 1.09. The maximum absolute atomic E-state index is 12.3. The number of hydrogen-bond donors (Lipinski definition) is 0. The Morgan fingerprint density at radius 1 is 1.12 bits per heavy atom. The van der Waals surface area contributed by atoms with Crippen LogP contribution < -0.4 is 0 Å². The quantitative estimate of drug-likeness (QED) is 0.801. The van der Waals surface area contributed by atoms with E-state index in [0.717, 1.165) is 5.56 Å². The summed E-state index contributed by atoms with van der Waals surface area (Å²) in [5.74, 6) is 0.673. The molecule has 17 heavy (non-hydrogen) atoms. The van der Waals surface area contributed by atoms with Crippen LogP contribution >= 0.6 is 0 Å². The molecule has 1 aliphatic heterocycles. The predicted molar refractivity (Wildman–Crippen MR) is 67.8 cm³/mol. The number of hydrogen-bond acceptors (Lipinski definition) is 2. The third-order valence-corrected chi connectivity index (χ3v) is 3.83. The van der Waals surface area contributed by atoms with Gasteiger partial charge >= 0.3 is 0 Å². The van der Waals surface area contributed by atoms with Crippen LogP contribution in [0.5, 0.6) is 0 Å². The van der Waals surface area contributed by atoms with Gasteiger partial charge in [0.2, 0.25) is 0 Å². The molecule has 0 saturated carbocycles. The summed E-state index contributed by atoms with van der Waals surface area (Å²) in [6, 6.07) is 9.94. The minimum atomic E-state index is 0.0465. The van der Waals surface area contributed by atoms with Crippen LogP contribution in [-0.2, 0) is 16.0 Å². The topological polar surface area (TPSA) is 26.3 Å². The second kappa shape index (κ2) is 5.01. The normalized spacial score (nSPS) is 32.6. The molecule has 92 valence electrons. The summed E-state index contributed by atoms with van der Waals surface area (Å²) >= 11 is 0. The zero-order valence-electron chi connectivity index (χ0n) is 10.7. The smallest absolute Gasteiger partial charge is 0.143 e. The van der Waals surface area contributed by atoms with Gasteiger partial charge in [-0.2, -0.15) is 0 Å². The SMILES string of the molecule is CC1OC(C)C(C(=O)Cc2ccccc2)C1C. The first-order valence-electron chi connectivity index (χ1n) is 6.31. The maximum Gasteiger partial charge on any atom is 0.143 e. The van der Waals surface area contributed by atoms with Crippen LogP contribution in [-0.4, -0.2) is 18.0 Å². The molecule has 2 rings (SSSR count). The molecule has 4 unspecified atom stereocenters. The standard InChI is InChI=1S/C15H20O2/c1-10-11(2)17-12(3)15(10)14(16)9-13-7-5-4-6-8-13/h4-8,10-12,15H,9H2,1-3H3. The summed E-state index contributed by atoms with van der Waals surface area (Å²) in [7, 11) is 0. The lowest BCUT2D eigenvalue weighted by Gasteiger charge is -2.16. The molecule has 4 atom stereocenters. The molecule has 0 amide bonds. The van der Waals surface area contributed by atoms with Crippen molar-refractivity contribution in [1.82, 2.24) is 0 Å². The van der Waals surface area contributed by atoms with Crippen molar-refractivity contribution in [3.05, 3.63) is 35.9 Å². The number of Topliss-reactive ketones (excluding diaryl/α,β-unsaturated/α-hetero) is 1. The molecule has 1 fully saturated rings. The predicted octanol–water partition coefficient (Wildman–Crippen LogP) is 2.86. The fourth-order valence-electron chi connectivity index (χ4n) is 2.74. The van der Waals surface area contributed by atoms with E-state index < -0.39 is 0 Å². The minimum Gasteiger partial charge on any atom is -0.375 e. The first-order valence-corrected chi connectivity index (χ1v) is 6.31. The summed E-state index contributed by atoms with van der Waals surface area (Å²) in [6.45, 7) is 6.17. The van der Waals surface area contributed by atoms with Crippen molar-refractivity contribution in [2.75, 3.05) is 0 Å². The summed E-state index contributed by atoms with van der Waals surface area (Å²) < 4.78 is 5.72. The number of ketones is 1. The average Bonchev–Trinajstić information content (AvgIpc) is 2.54. The van der Waals surface area contributed by atoms with Gasteiger partial charge in [-0.3, -0.25) is 4.79 Å². The number of benzene rings is 1. The Labute approximate surface area is 103 Å². The zero-order chi connectivity index (χ0) is 12.4. The van der Waals surface area contributed by atoms with Gasteiger partial charge in [0.15, 0.2) is 0 Å². The Balaban J connectivity index is 2.06. The van der Waals surface area contributed by atoms with Crippen molar-refractivity contribution in [1.29, 1.82) is 0 Å². The monoisotopic (exact) mass is 232 g/mol. The highest BCUT2D eigenvalue weighted by molar-refractivity contribution is 5.84. The van der Waals surface area contributed by atoms with Gasteiger partial charge in [-0.25, -0.2) is 0 Å². The third-order valence-electron chi connectivity index (χ3n) is 3.83. The number of rotatable bonds is 3. The van der Waals surface area contributed by atoms with Crippen LogP contribution in [0.1, 0.15) is 26.3 Å².